The molecule has 1 aliphatic heterocycles. The molecule has 0 aromatic heterocycles. The smallest absolute Gasteiger partial charge is 0.481 e. The summed E-state index contributed by atoms with van der Waals surface area (Å²) >= 11 is 0. The highest BCUT2D eigenvalue weighted by molar-refractivity contribution is 5.92. The Morgan fingerprint density at radius 3 is 2.76 bits per heavy atom. The Balaban J connectivity index is 2.04. The number of hydrogen-bond acceptors (Lipinski definition) is 4. The van der Waals surface area contributed by atoms with Crippen molar-refractivity contribution in [1.29, 1.82) is 0 Å². The van der Waals surface area contributed by atoms with Gasteiger partial charge in [-0.1, -0.05) is 18.2 Å². The summed E-state index contributed by atoms with van der Waals surface area (Å²) in [7, 11) is 0. The Morgan fingerprint density at radius 2 is 2.08 bits per heavy atom. The lowest BCUT2D eigenvalue weighted by molar-refractivity contribution is -0.274. The maximum Gasteiger partial charge on any atom is 0.573 e. The summed E-state index contributed by atoms with van der Waals surface area (Å²) in [4.78, 5) is 24.3. The maximum absolute atomic E-state index is 12.4. The first-order valence-electron chi connectivity index (χ1n) is 7.40. The van der Waals surface area contributed by atoms with E-state index in [1.165, 1.54) is 29.2 Å². The van der Waals surface area contributed by atoms with Crippen LogP contribution in [-0.4, -0.2) is 54.0 Å². The molecule has 0 spiro atoms. The van der Waals surface area contributed by atoms with E-state index in [1.54, 1.807) is 0 Å². The number of carboxylic acid groups (broad SMARTS) is 1. The molecule has 1 aliphatic rings. The minimum atomic E-state index is -4.83. The van der Waals surface area contributed by atoms with Gasteiger partial charge in [0.05, 0.1) is 19.1 Å². The highest BCUT2D eigenvalue weighted by Crippen LogP contribution is 2.27. The second kappa shape index (κ2) is 8.02. The Morgan fingerprint density at radius 1 is 1.36 bits per heavy atom. The normalized spacial score (nSPS) is 18.4. The molecular weight excluding hydrogens is 343 g/mol. The predicted octanol–water partition coefficient (Wildman–Crippen LogP) is 2.30. The zero-order chi connectivity index (χ0) is 18.4. The van der Waals surface area contributed by atoms with Gasteiger partial charge in [0, 0.05) is 24.7 Å². The molecule has 1 saturated heterocycles. The van der Waals surface area contributed by atoms with Gasteiger partial charge in [-0.05, 0) is 12.1 Å². The van der Waals surface area contributed by atoms with Gasteiger partial charge in [0.2, 0.25) is 5.91 Å². The van der Waals surface area contributed by atoms with Crippen LogP contribution in [0, 0.1) is 0 Å². The van der Waals surface area contributed by atoms with Crippen molar-refractivity contribution < 1.29 is 37.3 Å². The summed E-state index contributed by atoms with van der Waals surface area (Å²) in [5.41, 5.74) is 0.100. The first kappa shape index (κ1) is 18.8. The Labute approximate surface area is 141 Å². The molecule has 1 N–H and O–H groups in total. The lowest BCUT2D eigenvalue weighted by Crippen LogP contribution is -2.45. The van der Waals surface area contributed by atoms with Crippen molar-refractivity contribution in [2.75, 3.05) is 19.7 Å². The molecule has 9 heteroatoms. The van der Waals surface area contributed by atoms with Gasteiger partial charge in [0.1, 0.15) is 5.75 Å². The van der Waals surface area contributed by atoms with E-state index in [0.717, 1.165) is 12.1 Å². The summed E-state index contributed by atoms with van der Waals surface area (Å²) in [5, 5.41) is 8.76. The summed E-state index contributed by atoms with van der Waals surface area (Å²) < 4.78 is 46.3. The fourth-order valence-corrected chi connectivity index (χ4v) is 2.34. The molecule has 2 rings (SSSR count). The van der Waals surface area contributed by atoms with Crippen molar-refractivity contribution in [2.24, 2.45) is 0 Å². The largest absolute Gasteiger partial charge is 0.573 e. The van der Waals surface area contributed by atoms with Gasteiger partial charge in [-0.3, -0.25) is 9.59 Å². The van der Waals surface area contributed by atoms with Crippen LogP contribution in [0.4, 0.5) is 13.2 Å². The van der Waals surface area contributed by atoms with Crippen LogP contribution in [0.2, 0.25) is 0 Å². The van der Waals surface area contributed by atoms with Crippen molar-refractivity contribution in [3.8, 4) is 5.75 Å². The van der Waals surface area contributed by atoms with Crippen molar-refractivity contribution in [3.05, 3.63) is 35.9 Å². The number of benzene rings is 1. The number of hydrogen-bond donors (Lipinski definition) is 1. The van der Waals surface area contributed by atoms with Crippen LogP contribution in [0.25, 0.3) is 6.08 Å². The highest BCUT2D eigenvalue weighted by atomic mass is 19.4. The summed E-state index contributed by atoms with van der Waals surface area (Å²) in [6.07, 6.45) is -3.31. The van der Waals surface area contributed by atoms with Crippen molar-refractivity contribution in [3.63, 3.8) is 0 Å². The lowest BCUT2D eigenvalue weighted by Gasteiger charge is -2.31. The molecule has 1 aromatic rings. The number of nitrogens with zero attached hydrogens (tertiary/aromatic N) is 1. The fraction of sp³-hybridized carbons (Fsp3) is 0.375. The molecule has 6 nitrogen and oxygen atoms in total. The SMILES string of the molecule is O=C(O)CC1CN(C(=O)/C=C/c2ccccc2OC(F)(F)F)CCO1. The number of ether oxygens (including phenoxy) is 2. The molecule has 25 heavy (non-hydrogen) atoms. The van der Waals surface area contributed by atoms with Gasteiger partial charge in [-0.2, -0.15) is 0 Å². The number of rotatable bonds is 5. The summed E-state index contributed by atoms with van der Waals surface area (Å²) in [6, 6.07) is 5.44. The summed E-state index contributed by atoms with van der Waals surface area (Å²) in [6.45, 7) is 0.585. The van der Waals surface area contributed by atoms with E-state index >= 15 is 0 Å². The van der Waals surface area contributed by atoms with Gasteiger partial charge in [0.25, 0.3) is 0 Å². The average Bonchev–Trinajstić information content (AvgIpc) is 2.52. The molecule has 1 amide bonds. The van der Waals surface area contributed by atoms with E-state index in [-0.39, 0.29) is 31.7 Å². The Kier molecular flexibility index (Phi) is 6.02. The highest BCUT2D eigenvalue weighted by Gasteiger charge is 2.31. The number of carbonyl (C=O) groups is 2. The lowest BCUT2D eigenvalue weighted by atomic mass is 10.1. The minimum Gasteiger partial charge on any atom is -0.481 e. The first-order valence-corrected chi connectivity index (χ1v) is 7.40. The molecule has 0 radical (unpaired) electrons. The van der Waals surface area contributed by atoms with Gasteiger partial charge >= 0.3 is 12.3 Å². The number of alkyl halides is 3. The number of para-hydroxylation sites is 1. The molecule has 136 valence electrons. The van der Waals surface area contributed by atoms with Gasteiger partial charge in [0.15, 0.2) is 0 Å². The molecule has 1 fully saturated rings. The van der Waals surface area contributed by atoms with Crippen LogP contribution in [-0.2, 0) is 14.3 Å². The fourth-order valence-electron chi connectivity index (χ4n) is 2.34. The number of aliphatic carboxylic acids is 1. The monoisotopic (exact) mass is 359 g/mol. The molecule has 0 saturated carbocycles. The molecule has 0 aliphatic carbocycles. The average molecular weight is 359 g/mol. The molecule has 0 bridgehead atoms. The van der Waals surface area contributed by atoms with Crippen LogP contribution < -0.4 is 4.74 Å². The molecular formula is C16H16F3NO5. The zero-order valence-corrected chi connectivity index (χ0v) is 13.0. The minimum absolute atomic E-state index is 0.100. The van der Waals surface area contributed by atoms with Crippen LogP contribution in [0.3, 0.4) is 0 Å². The van der Waals surface area contributed by atoms with Crippen LogP contribution >= 0.6 is 0 Å². The van der Waals surface area contributed by atoms with E-state index in [2.05, 4.69) is 4.74 Å². The predicted molar refractivity (Wildman–Crippen MR) is 80.7 cm³/mol. The Bertz CT molecular complexity index is 659. The third kappa shape index (κ3) is 6.11. The van der Waals surface area contributed by atoms with Crippen LogP contribution in [0.15, 0.2) is 30.3 Å². The molecule has 1 unspecified atom stereocenters. The van der Waals surface area contributed by atoms with Crippen LogP contribution in [0.1, 0.15) is 12.0 Å². The van der Waals surface area contributed by atoms with Crippen molar-refractivity contribution in [1.82, 2.24) is 4.90 Å². The maximum atomic E-state index is 12.4. The molecule has 1 atom stereocenters. The number of amides is 1. The third-order valence-electron chi connectivity index (χ3n) is 3.40. The topological polar surface area (TPSA) is 76.1 Å². The van der Waals surface area contributed by atoms with Crippen molar-refractivity contribution >= 4 is 18.0 Å². The second-order valence-electron chi connectivity index (χ2n) is 5.29. The number of morpholine rings is 1. The molecule has 1 aromatic carbocycles. The summed E-state index contributed by atoms with van der Waals surface area (Å²) in [5.74, 6) is -1.89. The van der Waals surface area contributed by atoms with E-state index in [9.17, 15) is 22.8 Å². The van der Waals surface area contributed by atoms with Crippen molar-refractivity contribution in [2.45, 2.75) is 18.9 Å². The van der Waals surface area contributed by atoms with Gasteiger partial charge in [-0.25, -0.2) is 0 Å². The van der Waals surface area contributed by atoms with E-state index < -0.39 is 30.1 Å². The number of carbonyl (C=O) groups excluding carboxylic acids is 1. The second-order valence-corrected chi connectivity index (χ2v) is 5.29. The van der Waals surface area contributed by atoms with Gasteiger partial charge in [-0.15, -0.1) is 13.2 Å². The number of carboxylic acids is 1. The third-order valence-corrected chi connectivity index (χ3v) is 3.40. The Hall–Kier alpha value is -2.55. The quantitative estimate of drug-likeness (QED) is 0.817. The van der Waals surface area contributed by atoms with E-state index in [4.69, 9.17) is 9.84 Å². The standard InChI is InChI=1S/C16H16F3NO5/c17-16(18,19)25-13-4-2-1-3-11(13)5-6-14(21)20-7-8-24-12(10-20)9-15(22)23/h1-6,12H,7-10H2,(H,22,23)/b6-5+. The van der Waals surface area contributed by atoms with Gasteiger partial charge < -0.3 is 19.5 Å². The van der Waals surface area contributed by atoms with E-state index in [1.807, 2.05) is 0 Å². The van der Waals surface area contributed by atoms with Crippen LogP contribution in [0.5, 0.6) is 5.75 Å². The molecule has 1 heterocycles. The first-order chi connectivity index (χ1) is 11.7. The van der Waals surface area contributed by atoms with E-state index in [0.29, 0.717) is 0 Å². The number of halogens is 3. The zero-order valence-electron chi connectivity index (χ0n) is 13.0.